The molecule has 6 heteroatoms. The van der Waals surface area contributed by atoms with Gasteiger partial charge in [0.05, 0.1) is 10.4 Å². The molecule has 0 aliphatic carbocycles. The Bertz CT molecular complexity index is 622. The maximum atomic E-state index is 11.7. The van der Waals surface area contributed by atoms with Crippen molar-refractivity contribution in [1.82, 2.24) is 10.9 Å². The summed E-state index contributed by atoms with van der Waals surface area (Å²) in [6, 6.07) is 9.61. The molecule has 0 saturated heterocycles. The second-order valence-corrected chi connectivity index (χ2v) is 5.12. The molecular weight excluding hydrogens is 264 g/mol. The van der Waals surface area contributed by atoms with E-state index in [0.717, 1.165) is 4.88 Å². The summed E-state index contributed by atoms with van der Waals surface area (Å²) in [5, 5.41) is 9.50. The highest BCUT2D eigenvalue weighted by molar-refractivity contribution is 7.13. The van der Waals surface area contributed by atoms with Crippen molar-refractivity contribution in [2.24, 2.45) is 0 Å². The predicted molar refractivity (Wildman–Crippen MR) is 72.1 cm³/mol. The molecule has 19 heavy (non-hydrogen) atoms. The maximum absolute atomic E-state index is 11.7. The van der Waals surface area contributed by atoms with Crippen molar-refractivity contribution in [1.29, 1.82) is 0 Å². The standard InChI is InChI=1S/C13H12N2O3S/c1-8-6-7-11(19-8)13(18)15-14-12(17)9-4-2-3-5-10(9)16/h2-7,16H,1H3,(H,14,17)(H,15,18). The van der Waals surface area contributed by atoms with E-state index >= 15 is 0 Å². The number of rotatable bonds is 2. The first-order valence-corrected chi connectivity index (χ1v) is 6.34. The van der Waals surface area contributed by atoms with Gasteiger partial charge in [-0.2, -0.15) is 0 Å². The van der Waals surface area contributed by atoms with Gasteiger partial charge in [-0.15, -0.1) is 11.3 Å². The van der Waals surface area contributed by atoms with Crippen LogP contribution in [0.4, 0.5) is 0 Å². The number of para-hydroxylation sites is 1. The number of carbonyl (C=O) groups is 2. The van der Waals surface area contributed by atoms with Gasteiger partial charge in [-0.3, -0.25) is 20.4 Å². The molecule has 0 bridgehead atoms. The third-order valence-corrected chi connectivity index (χ3v) is 3.40. The smallest absolute Gasteiger partial charge is 0.279 e. The average Bonchev–Trinajstić information content (AvgIpc) is 2.83. The van der Waals surface area contributed by atoms with E-state index in [0.29, 0.717) is 4.88 Å². The van der Waals surface area contributed by atoms with Gasteiger partial charge in [-0.1, -0.05) is 12.1 Å². The molecule has 2 aromatic rings. The summed E-state index contributed by atoms with van der Waals surface area (Å²) < 4.78 is 0. The number of phenols is 1. The lowest BCUT2D eigenvalue weighted by Crippen LogP contribution is -2.41. The van der Waals surface area contributed by atoms with Crippen molar-refractivity contribution >= 4 is 23.2 Å². The fourth-order valence-electron chi connectivity index (χ4n) is 1.46. The Morgan fingerprint density at radius 3 is 2.37 bits per heavy atom. The summed E-state index contributed by atoms with van der Waals surface area (Å²) in [7, 11) is 0. The average molecular weight is 276 g/mol. The third-order valence-electron chi connectivity index (χ3n) is 2.40. The number of benzene rings is 1. The fourth-order valence-corrected chi connectivity index (χ4v) is 2.23. The first kappa shape index (κ1) is 13.1. The highest BCUT2D eigenvalue weighted by Gasteiger charge is 2.12. The summed E-state index contributed by atoms with van der Waals surface area (Å²) in [4.78, 5) is 24.9. The van der Waals surface area contributed by atoms with Gasteiger partial charge < -0.3 is 5.11 Å². The highest BCUT2D eigenvalue weighted by Crippen LogP contribution is 2.15. The molecule has 0 spiro atoms. The molecule has 3 N–H and O–H groups in total. The van der Waals surface area contributed by atoms with E-state index in [2.05, 4.69) is 10.9 Å². The number of nitrogens with one attached hydrogen (secondary N) is 2. The Kier molecular flexibility index (Phi) is 3.82. The molecule has 0 atom stereocenters. The van der Waals surface area contributed by atoms with Crippen molar-refractivity contribution < 1.29 is 14.7 Å². The molecule has 1 aromatic heterocycles. The molecule has 0 aliphatic heterocycles. The predicted octanol–water partition coefficient (Wildman–Crippen LogP) is 1.84. The van der Waals surface area contributed by atoms with Crippen LogP contribution in [0.25, 0.3) is 0 Å². The maximum Gasteiger partial charge on any atom is 0.279 e. The number of aryl methyl sites for hydroxylation is 1. The topological polar surface area (TPSA) is 78.4 Å². The van der Waals surface area contributed by atoms with Crippen LogP contribution in [0.15, 0.2) is 36.4 Å². The number of hydrazine groups is 1. The zero-order chi connectivity index (χ0) is 13.8. The van der Waals surface area contributed by atoms with E-state index in [4.69, 9.17) is 0 Å². The molecule has 1 heterocycles. The Balaban J connectivity index is 1.98. The SMILES string of the molecule is Cc1ccc(C(=O)NNC(=O)c2ccccc2O)s1. The number of aromatic hydroxyl groups is 1. The van der Waals surface area contributed by atoms with Crippen molar-refractivity contribution in [3.05, 3.63) is 51.7 Å². The van der Waals surface area contributed by atoms with Crippen molar-refractivity contribution in [2.45, 2.75) is 6.92 Å². The largest absolute Gasteiger partial charge is 0.507 e. The van der Waals surface area contributed by atoms with Crippen LogP contribution in [-0.2, 0) is 0 Å². The molecule has 1 aromatic carbocycles. The first-order valence-electron chi connectivity index (χ1n) is 5.53. The van der Waals surface area contributed by atoms with E-state index in [1.165, 1.54) is 23.5 Å². The molecule has 2 rings (SSSR count). The van der Waals surface area contributed by atoms with Crippen molar-refractivity contribution in [2.75, 3.05) is 0 Å². The van der Waals surface area contributed by atoms with Crippen LogP contribution in [0.3, 0.4) is 0 Å². The number of phenolic OH excluding ortho intramolecular Hbond substituents is 1. The summed E-state index contributed by atoms with van der Waals surface area (Å²) in [5.74, 6) is -1.09. The Morgan fingerprint density at radius 1 is 1.05 bits per heavy atom. The number of hydrogen-bond acceptors (Lipinski definition) is 4. The lowest BCUT2D eigenvalue weighted by atomic mass is 10.2. The molecule has 0 radical (unpaired) electrons. The van der Waals surface area contributed by atoms with Crippen molar-refractivity contribution in [3.63, 3.8) is 0 Å². The Morgan fingerprint density at radius 2 is 1.74 bits per heavy atom. The van der Waals surface area contributed by atoms with E-state index < -0.39 is 5.91 Å². The van der Waals surface area contributed by atoms with E-state index in [-0.39, 0.29) is 17.2 Å². The van der Waals surface area contributed by atoms with Gasteiger partial charge in [-0.25, -0.2) is 0 Å². The molecule has 0 saturated carbocycles. The van der Waals surface area contributed by atoms with E-state index in [1.54, 1.807) is 18.2 Å². The normalized spacial score (nSPS) is 9.95. The lowest BCUT2D eigenvalue weighted by molar-refractivity contribution is 0.0847. The summed E-state index contributed by atoms with van der Waals surface area (Å²) >= 11 is 1.33. The van der Waals surface area contributed by atoms with Gasteiger partial charge in [0.1, 0.15) is 5.75 Å². The molecular formula is C13H12N2O3S. The van der Waals surface area contributed by atoms with Crippen LogP contribution in [0.5, 0.6) is 5.75 Å². The minimum absolute atomic E-state index is 0.102. The molecule has 2 amide bonds. The van der Waals surface area contributed by atoms with Crippen LogP contribution in [0, 0.1) is 6.92 Å². The number of thiophene rings is 1. The highest BCUT2D eigenvalue weighted by atomic mass is 32.1. The molecule has 0 aliphatic rings. The van der Waals surface area contributed by atoms with E-state index in [1.807, 2.05) is 13.0 Å². The third kappa shape index (κ3) is 3.11. The Labute approximate surface area is 113 Å². The van der Waals surface area contributed by atoms with Gasteiger partial charge in [0.15, 0.2) is 0 Å². The van der Waals surface area contributed by atoms with Crippen LogP contribution in [0.2, 0.25) is 0 Å². The van der Waals surface area contributed by atoms with E-state index in [9.17, 15) is 14.7 Å². The number of hydrogen-bond donors (Lipinski definition) is 3. The second-order valence-electron chi connectivity index (χ2n) is 3.84. The lowest BCUT2D eigenvalue weighted by Gasteiger charge is -2.07. The van der Waals surface area contributed by atoms with Gasteiger partial charge in [0, 0.05) is 4.88 Å². The minimum Gasteiger partial charge on any atom is -0.507 e. The first-order chi connectivity index (χ1) is 9.08. The molecule has 0 unspecified atom stereocenters. The number of carbonyl (C=O) groups excluding carboxylic acids is 2. The second kappa shape index (κ2) is 5.53. The molecule has 98 valence electrons. The van der Waals surface area contributed by atoms with Gasteiger partial charge in [-0.05, 0) is 31.2 Å². The van der Waals surface area contributed by atoms with Crippen LogP contribution >= 0.6 is 11.3 Å². The zero-order valence-electron chi connectivity index (χ0n) is 10.1. The van der Waals surface area contributed by atoms with Crippen molar-refractivity contribution in [3.8, 4) is 5.75 Å². The zero-order valence-corrected chi connectivity index (χ0v) is 11.0. The molecule has 0 fully saturated rings. The van der Waals surface area contributed by atoms with Gasteiger partial charge in [0.2, 0.25) is 0 Å². The van der Waals surface area contributed by atoms with Crippen LogP contribution in [0.1, 0.15) is 24.9 Å². The number of amides is 2. The fraction of sp³-hybridized carbons (Fsp3) is 0.0769. The summed E-state index contributed by atoms with van der Waals surface area (Å²) in [5.41, 5.74) is 4.66. The summed E-state index contributed by atoms with van der Waals surface area (Å²) in [6.45, 7) is 1.89. The molecule has 5 nitrogen and oxygen atoms in total. The van der Waals surface area contributed by atoms with Gasteiger partial charge in [0.25, 0.3) is 11.8 Å². The quantitative estimate of drug-likeness (QED) is 0.732. The van der Waals surface area contributed by atoms with Crippen LogP contribution < -0.4 is 10.9 Å². The van der Waals surface area contributed by atoms with Crippen LogP contribution in [-0.4, -0.2) is 16.9 Å². The van der Waals surface area contributed by atoms with Gasteiger partial charge >= 0.3 is 0 Å². The monoisotopic (exact) mass is 276 g/mol. The summed E-state index contributed by atoms with van der Waals surface area (Å²) in [6.07, 6.45) is 0. The Hall–Kier alpha value is -2.34. The minimum atomic E-state index is -0.570.